The molecule has 0 saturated carbocycles. The van der Waals surface area contributed by atoms with Crippen LogP contribution in [-0.4, -0.2) is 16.4 Å². The van der Waals surface area contributed by atoms with Crippen LogP contribution >= 0.6 is 11.3 Å². The summed E-state index contributed by atoms with van der Waals surface area (Å²) in [7, 11) is 0. The third-order valence-electron chi connectivity index (χ3n) is 5.05. The normalized spacial score (nSPS) is 21.1. The van der Waals surface area contributed by atoms with E-state index in [1.54, 1.807) is 16.0 Å². The lowest BCUT2D eigenvalue weighted by Crippen LogP contribution is -2.38. The Morgan fingerprint density at radius 1 is 1.29 bits per heavy atom. The van der Waals surface area contributed by atoms with Gasteiger partial charge in [0, 0.05) is 45.5 Å². The molecule has 2 aliphatic rings. The van der Waals surface area contributed by atoms with E-state index in [9.17, 15) is 0 Å². The third kappa shape index (κ3) is 1.68. The van der Waals surface area contributed by atoms with Crippen molar-refractivity contribution in [3.05, 3.63) is 56.9 Å². The average Bonchev–Trinajstić information content (AvgIpc) is 3.04. The van der Waals surface area contributed by atoms with Crippen molar-refractivity contribution in [2.24, 2.45) is 0 Å². The van der Waals surface area contributed by atoms with Gasteiger partial charge in [-0.05, 0) is 43.0 Å². The smallest absolute Gasteiger partial charge is 0.0459 e. The van der Waals surface area contributed by atoms with Crippen molar-refractivity contribution in [3.63, 3.8) is 0 Å². The molecule has 2 aliphatic heterocycles. The van der Waals surface area contributed by atoms with Gasteiger partial charge in [-0.15, -0.1) is 11.3 Å². The minimum Gasteiger partial charge on any atom is -0.357 e. The molecule has 2 aromatic heterocycles. The van der Waals surface area contributed by atoms with Crippen molar-refractivity contribution in [2.45, 2.75) is 32.4 Å². The maximum absolute atomic E-state index is 3.64. The van der Waals surface area contributed by atoms with Gasteiger partial charge in [0.05, 0.1) is 0 Å². The standard InChI is InChI=1S/C18H18N2S/c1-11-8-14-17-9-13-12-4-2-3-5-15(12)19-16(13)10-20(17)7-6-18(14)21-11/h2-5,8,17,19H,6-7,9-10H2,1H3/t17-/m0/s1. The Kier molecular flexibility index (Phi) is 2.41. The number of thiophene rings is 1. The van der Waals surface area contributed by atoms with E-state index in [0.29, 0.717) is 6.04 Å². The number of aromatic nitrogens is 1. The van der Waals surface area contributed by atoms with E-state index in [1.807, 2.05) is 11.3 Å². The molecule has 0 saturated heterocycles. The van der Waals surface area contributed by atoms with Crippen LogP contribution < -0.4 is 0 Å². The fourth-order valence-corrected chi connectivity index (χ4v) is 5.19. The summed E-state index contributed by atoms with van der Waals surface area (Å²) in [5, 5.41) is 1.42. The summed E-state index contributed by atoms with van der Waals surface area (Å²) in [6.45, 7) is 4.52. The number of hydrogen-bond acceptors (Lipinski definition) is 2. The topological polar surface area (TPSA) is 19.0 Å². The minimum absolute atomic E-state index is 0.588. The van der Waals surface area contributed by atoms with Crippen molar-refractivity contribution in [1.82, 2.24) is 9.88 Å². The number of aromatic amines is 1. The molecular weight excluding hydrogens is 276 g/mol. The fraction of sp³-hybridized carbons (Fsp3) is 0.333. The second-order valence-electron chi connectivity index (χ2n) is 6.30. The van der Waals surface area contributed by atoms with Crippen molar-refractivity contribution < 1.29 is 0 Å². The molecule has 0 spiro atoms. The molecule has 1 N–H and O–H groups in total. The molecule has 0 unspecified atom stereocenters. The van der Waals surface area contributed by atoms with Crippen LogP contribution in [0.15, 0.2) is 30.3 Å². The lowest BCUT2D eigenvalue weighted by Gasteiger charge is -2.39. The molecule has 0 amide bonds. The Balaban J connectivity index is 1.66. The summed E-state index contributed by atoms with van der Waals surface area (Å²) in [6.07, 6.45) is 2.38. The summed E-state index contributed by atoms with van der Waals surface area (Å²) < 4.78 is 0. The highest BCUT2D eigenvalue weighted by Crippen LogP contribution is 2.42. The monoisotopic (exact) mass is 294 g/mol. The molecule has 0 fully saturated rings. The number of para-hydroxylation sites is 1. The Hall–Kier alpha value is -1.58. The summed E-state index contributed by atoms with van der Waals surface area (Å²) in [6, 6.07) is 11.8. The Labute approximate surface area is 128 Å². The number of hydrogen-bond donors (Lipinski definition) is 1. The van der Waals surface area contributed by atoms with Crippen LogP contribution in [0, 0.1) is 6.92 Å². The van der Waals surface area contributed by atoms with E-state index in [2.05, 4.69) is 47.1 Å². The van der Waals surface area contributed by atoms with Gasteiger partial charge in [0.15, 0.2) is 0 Å². The zero-order valence-electron chi connectivity index (χ0n) is 12.1. The van der Waals surface area contributed by atoms with Crippen LogP contribution in [0.2, 0.25) is 0 Å². The van der Waals surface area contributed by atoms with Crippen LogP contribution in [-0.2, 0) is 19.4 Å². The first-order valence-corrected chi connectivity index (χ1v) is 8.53. The highest BCUT2D eigenvalue weighted by atomic mass is 32.1. The summed E-state index contributed by atoms with van der Waals surface area (Å²) in [4.78, 5) is 9.38. The largest absolute Gasteiger partial charge is 0.357 e. The molecule has 106 valence electrons. The van der Waals surface area contributed by atoms with Crippen LogP contribution in [0.1, 0.15) is 32.6 Å². The van der Waals surface area contributed by atoms with Crippen LogP contribution in [0.25, 0.3) is 10.9 Å². The Bertz CT molecular complexity index is 842. The number of fused-ring (bicyclic) bond motifs is 6. The van der Waals surface area contributed by atoms with Crippen LogP contribution in [0.3, 0.4) is 0 Å². The molecular formula is C18H18N2S. The van der Waals surface area contributed by atoms with E-state index in [4.69, 9.17) is 0 Å². The van der Waals surface area contributed by atoms with Crippen molar-refractivity contribution >= 4 is 22.2 Å². The quantitative estimate of drug-likeness (QED) is 0.658. The van der Waals surface area contributed by atoms with Gasteiger partial charge in [0.2, 0.25) is 0 Å². The molecule has 0 aliphatic carbocycles. The third-order valence-corrected chi connectivity index (χ3v) is 6.18. The van der Waals surface area contributed by atoms with E-state index in [1.165, 1.54) is 34.4 Å². The highest BCUT2D eigenvalue weighted by molar-refractivity contribution is 7.12. The minimum atomic E-state index is 0.588. The number of aryl methyl sites for hydroxylation is 1. The molecule has 1 aromatic carbocycles. The summed E-state index contributed by atoms with van der Waals surface area (Å²) >= 11 is 2.00. The average molecular weight is 294 g/mol. The summed E-state index contributed by atoms with van der Waals surface area (Å²) in [5.41, 5.74) is 5.87. The highest BCUT2D eigenvalue weighted by Gasteiger charge is 2.34. The maximum Gasteiger partial charge on any atom is 0.0459 e. The molecule has 2 nitrogen and oxygen atoms in total. The molecule has 21 heavy (non-hydrogen) atoms. The first kappa shape index (κ1) is 12.0. The molecule has 0 radical (unpaired) electrons. The second-order valence-corrected chi connectivity index (χ2v) is 7.64. The number of nitrogens with one attached hydrogen (secondary N) is 1. The predicted molar refractivity (Wildman–Crippen MR) is 87.9 cm³/mol. The molecule has 3 heteroatoms. The van der Waals surface area contributed by atoms with Crippen molar-refractivity contribution in [3.8, 4) is 0 Å². The fourth-order valence-electron chi connectivity index (χ4n) is 4.11. The van der Waals surface area contributed by atoms with Gasteiger partial charge < -0.3 is 4.98 Å². The van der Waals surface area contributed by atoms with Gasteiger partial charge in [-0.1, -0.05) is 18.2 Å². The van der Waals surface area contributed by atoms with Gasteiger partial charge in [-0.25, -0.2) is 0 Å². The van der Waals surface area contributed by atoms with E-state index in [0.717, 1.165) is 13.0 Å². The molecule has 3 aromatic rings. The van der Waals surface area contributed by atoms with Gasteiger partial charge in [-0.2, -0.15) is 0 Å². The lowest BCUT2D eigenvalue weighted by molar-refractivity contribution is 0.161. The van der Waals surface area contributed by atoms with Crippen molar-refractivity contribution in [2.75, 3.05) is 6.54 Å². The van der Waals surface area contributed by atoms with Gasteiger partial charge in [-0.3, -0.25) is 4.90 Å². The van der Waals surface area contributed by atoms with E-state index in [-0.39, 0.29) is 0 Å². The van der Waals surface area contributed by atoms with Gasteiger partial charge in [0.1, 0.15) is 0 Å². The zero-order chi connectivity index (χ0) is 14.0. The van der Waals surface area contributed by atoms with Crippen LogP contribution in [0.4, 0.5) is 0 Å². The van der Waals surface area contributed by atoms with Crippen molar-refractivity contribution in [1.29, 1.82) is 0 Å². The molecule has 0 bridgehead atoms. The number of benzene rings is 1. The number of nitrogens with zero attached hydrogens (tertiary/aromatic N) is 1. The van der Waals surface area contributed by atoms with E-state index < -0.39 is 0 Å². The first-order valence-electron chi connectivity index (χ1n) is 7.71. The summed E-state index contributed by atoms with van der Waals surface area (Å²) in [5.74, 6) is 0. The Morgan fingerprint density at radius 2 is 2.19 bits per heavy atom. The maximum atomic E-state index is 3.64. The number of rotatable bonds is 0. The number of H-pyrrole nitrogens is 1. The Morgan fingerprint density at radius 3 is 3.14 bits per heavy atom. The molecule has 5 rings (SSSR count). The second kappa shape index (κ2) is 4.21. The molecule has 4 heterocycles. The first-order chi connectivity index (χ1) is 10.3. The SMILES string of the molecule is Cc1cc2c(s1)CCN1Cc3[nH]c4ccccc4c3C[C@@H]21. The lowest BCUT2D eigenvalue weighted by atomic mass is 9.89. The molecule has 1 atom stereocenters. The van der Waals surface area contributed by atoms with Gasteiger partial charge >= 0.3 is 0 Å². The predicted octanol–water partition coefficient (Wildman–Crippen LogP) is 4.19. The van der Waals surface area contributed by atoms with Gasteiger partial charge in [0.25, 0.3) is 0 Å². The zero-order valence-corrected chi connectivity index (χ0v) is 13.0. The van der Waals surface area contributed by atoms with Crippen LogP contribution in [0.5, 0.6) is 0 Å². The van der Waals surface area contributed by atoms with E-state index >= 15 is 0 Å².